The van der Waals surface area contributed by atoms with Crippen molar-refractivity contribution in [2.24, 2.45) is 0 Å². The number of esters is 1. The van der Waals surface area contributed by atoms with Gasteiger partial charge in [0.1, 0.15) is 0 Å². The Kier molecular flexibility index (Phi) is 5.98. The van der Waals surface area contributed by atoms with Crippen LogP contribution in [0.5, 0.6) is 0 Å². The number of hydrogen-bond acceptors (Lipinski definition) is 4. The molecule has 2 rings (SSSR count). The Balaban J connectivity index is 1.97. The zero-order valence-electron chi connectivity index (χ0n) is 11.9. The first-order chi connectivity index (χ1) is 10.9. The van der Waals surface area contributed by atoms with Crippen LogP contribution in [0.3, 0.4) is 0 Å². The molecule has 0 saturated heterocycles. The molecule has 0 unspecified atom stereocenters. The molecule has 1 aromatic carbocycles. The van der Waals surface area contributed by atoms with Gasteiger partial charge in [-0.25, -0.2) is 9.78 Å². The number of ether oxygens (including phenoxy) is 1. The van der Waals surface area contributed by atoms with Gasteiger partial charge in [0, 0.05) is 10.7 Å². The second-order valence-corrected chi connectivity index (χ2v) is 6.14. The third kappa shape index (κ3) is 4.43. The average molecular weight is 418 g/mol. The number of carbonyl (C=O) groups excluding carboxylic acids is 2. The molecule has 0 spiro atoms. The highest BCUT2D eigenvalue weighted by Gasteiger charge is 2.15. The van der Waals surface area contributed by atoms with Crippen molar-refractivity contribution in [1.82, 2.24) is 4.98 Å². The van der Waals surface area contributed by atoms with Gasteiger partial charge in [0.2, 0.25) is 0 Å². The van der Waals surface area contributed by atoms with Crippen LogP contribution >= 0.6 is 39.1 Å². The molecule has 1 heterocycles. The number of halogens is 3. The fourth-order valence-electron chi connectivity index (χ4n) is 1.65. The first-order valence-corrected chi connectivity index (χ1v) is 7.97. The molecule has 1 amide bonds. The highest BCUT2D eigenvalue weighted by molar-refractivity contribution is 9.10. The lowest BCUT2D eigenvalue weighted by atomic mass is 10.2. The highest BCUT2D eigenvalue weighted by Crippen LogP contribution is 2.28. The van der Waals surface area contributed by atoms with Gasteiger partial charge in [-0.2, -0.15) is 0 Å². The van der Waals surface area contributed by atoms with Crippen molar-refractivity contribution < 1.29 is 14.3 Å². The number of rotatable bonds is 4. The van der Waals surface area contributed by atoms with Crippen molar-refractivity contribution in [3.63, 3.8) is 0 Å². The number of amides is 1. The molecule has 8 heteroatoms. The topological polar surface area (TPSA) is 68.3 Å². The molecule has 2 aromatic rings. The van der Waals surface area contributed by atoms with E-state index in [1.807, 2.05) is 0 Å². The van der Waals surface area contributed by atoms with E-state index in [0.717, 1.165) is 0 Å². The molecule has 5 nitrogen and oxygen atoms in total. The van der Waals surface area contributed by atoms with Gasteiger partial charge < -0.3 is 10.1 Å². The molecule has 0 saturated carbocycles. The SMILES string of the molecule is Cc1c(Cl)cnc(NC(=O)COC(=O)c2ccccc2Br)c1Cl. The van der Waals surface area contributed by atoms with Crippen LogP contribution in [0.2, 0.25) is 10.0 Å². The van der Waals surface area contributed by atoms with E-state index in [9.17, 15) is 9.59 Å². The lowest BCUT2D eigenvalue weighted by molar-refractivity contribution is -0.119. The fraction of sp³-hybridized carbons (Fsp3) is 0.133. The van der Waals surface area contributed by atoms with Crippen LogP contribution in [0.1, 0.15) is 15.9 Å². The van der Waals surface area contributed by atoms with Crippen LogP contribution in [0, 0.1) is 6.92 Å². The first-order valence-electron chi connectivity index (χ1n) is 6.42. The summed E-state index contributed by atoms with van der Waals surface area (Å²) in [6, 6.07) is 6.76. The van der Waals surface area contributed by atoms with Crippen LogP contribution in [0.15, 0.2) is 34.9 Å². The predicted molar refractivity (Wildman–Crippen MR) is 92.0 cm³/mol. The zero-order chi connectivity index (χ0) is 17.0. The molecule has 1 aromatic heterocycles. The van der Waals surface area contributed by atoms with Crippen molar-refractivity contribution in [3.05, 3.63) is 56.1 Å². The third-order valence-corrected chi connectivity index (χ3v) is 4.42. The largest absolute Gasteiger partial charge is 0.452 e. The summed E-state index contributed by atoms with van der Waals surface area (Å²) in [5.41, 5.74) is 0.933. The van der Waals surface area contributed by atoms with Crippen molar-refractivity contribution in [2.45, 2.75) is 6.92 Å². The van der Waals surface area contributed by atoms with Gasteiger partial charge >= 0.3 is 5.97 Å². The molecule has 23 heavy (non-hydrogen) atoms. The number of aromatic nitrogens is 1. The van der Waals surface area contributed by atoms with Crippen molar-refractivity contribution in [1.29, 1.82) is 0 Å². The minimum atomic E-state index is -0.612. The van der Waals surface area contributed by atoms with Gasteiger partial charge in [0.25, 0.3) is 5.91 Å². The van der Waals surface area contributed by atoms with Gasteiger partial charge in [-0.1, -0.05) is 35.3 Å². The fourth-order valence-corrected chi connectivity index (χ4v) is 2.48. The molecule has 0 aliphatic heterocycles. The first kappa shape index (κ1) is 17.7. The molecule has 0 aliphatic carbocycles. The second kappa shape index (κ2) is 7.77. The molecule has 0 radical (unpaired) electrons. The lowest BCUT2D eigenvalue weighted by Gasteiger charge is -2.10. The van der Waals surface area contributed by atoms with E-state index < -0.39 is 18.5 Å². The Morgan fingerprint density at radius 2 is 2.00 bits per heavy atom. The smallest absolute Gasteiger partial charge is 0.339 e. The van der Waals surface area contributed by atoms with Crippen molar-refractivity contribution in [2.75, 3.05) is 11.9 Å². The zero-order valence-corrected chi connectivity index (χ0v) is 15.0. The Bertz CT molecular complexity index is 768. The maximum atomic E-state index is 11.9. The molecular formula is C15H11BrCl2N2O3. The highest BCUT2D eigenvalue weighted by atomic mass is 79.9. The monoisotopic (exact) mass is 416 g/mol. The van der Waals surface area contributed by atoms with E-state index in [1.54, 1.807) is 31.2 Å². The van der Waals surface area contributed by atoms with E-state index in [-0.39, 0.29) is 10.8 Å². The molecule has 0 atom stereocenters. The summed E-state index contributed by atoms with van der Waals surface area (Å²) < 4.78 is 5.55. The second-order valence-electron chi connectivity index (χ2n) is 4.50. The Hall–Kier alpha value is -1.63. The van der Waals surface area contributed by atoms with Crippen LogP contribution in [-0.2, 0) is 9.53 Å². The minimum absolute atomic E-state index is 0.163. The molecule has 120 valence electrons. The van der Waals surface area contributed by atoms with E-state index in [2.05, 4.69) is 26.2 Å². The standard InChI is InChI=1S/C15H11BrCl2N2O3/c1-8-11(17)6-19-14(13(8)18)20-12(21)7-23-15(22)9-4-2-3-5-10(9)16/h2-6H,7H2,1H3,(H,19,20,21). The van der Waals surface area contributed by atoms with Crippen LogP contribution < -0.4 is 5.32 Å². The van der Waals surface area contributed by atoms with Gasteiger partial charge in [0.15, 0.2) is 12.4 Å². The van der Waals surface area contributed by atoms with Crippen LogP contribution in [0.25, 0.3) is 0 Å². The number of nitrogens with zero attached hydrogens (tertiary/aromatic N) is 1. The van der Waals surface area contributed by atoms with Crippen LogP contribution in [-0.4, -0.2) is 23.5 Å². The summed E-state index contributed by atoms with van der Waals surface area (Å²) in [5.74, 6) is -1.00. The van der Waals surface area contributed by atoms with Gasteiger partial charge in [-0.3, -0.25) is 4.79 Å². The van der Waals surface area contributed by atoms with E-state index in [0.29, 0.717) is 20.6 Å². The summed E-state index contributed by atoms with van der Waals surface area (Å²) in [7, 11) is 0. The Morgan fingerprint density at radius 1 is 1.30 bits per heavy atom. The summed E-state index contributed by atoms with van der Waals surface area (Å²) >= 11 is 15.2. The number of nitrogens with one attached hydrogen (secondary N) is 1. The number of pyridine rings is 1. The van der Waals surface area contributed by atoms with E-state index in [1.165, 1.54) is 6.20 Å². The Labute approximate surface area is 151 Å². The number of anilines is 1. The van der Waals surface area contributed by atoms with Crippen molar-refractivity contribution >= 4 is 56.8 Å². The average Bonchev–Trinajstić information content (AvgIpc) is 2.53. The molecule has 0 bridgehead atoms. The van der Waals surface area contributed by atoms with Crippen LogP contribution in [0.4, 0.5) is 5.82 Å². The maximum absolute atomic E-state index is 11.9. The van der Waals surface area contributed by atoms with Crippen molar-refractivity contribution in [3.8, 4) is 0 Å². The molecule has 0 fully saturated rings. The normalized spacial score (nSPS) is 10.3. The maximum Gasteiger partial charge on any atom is 0.339 e. The molecule has 1 N–H and O–H groups in total. The number of carbonyl (C=O) groups is 2. The summed E-state index contributed by atoms with van der Waals surface area (Å²) in [6.07, 6.45) is 1.38. The summed E-state index contributed by atoms with van der Waals surface area (Å²) in [5, 5.41) is 3.11. The number of benzene rings is 1. The number of hydrogen-bond donors (Lipinski definition) is 1. The van der Waals surface area contributed by atoms with Gasteiger partial charge in [-0.15, -0.1) is 0 Å². The van der Waals surface area contributed by atoms with E-state index in [4.69, 9.17) is 27.9 Å². The Morgan fingerprint density at radius 3 is 2.70 bits per heavy atom. The van der Waals surface area contributed by atoms with Gasteiger partial charge in [-0.05, 0) is 40.5 Å². The molecule has 0 aliphatic rings. The summed E-state index contributed by atoms with van der Waals surface area (Å²) in [4.78, 5) is 27.7. The minimum Gasteiger partial charge on any atom is -0.452 e. The third-order valence-electron chi connectivity index (χ3n) is 2.89. The lowest BCUT2D eigenvalue weighted by Crippen LogP contribution is -2.22. The quantitative estimate of drug-likeness (QED) is 0.754. The van der Waals surface area contributed by atoms with E-state index >= 15 is 0 Å². The predicted octanol–water partition coefficient (Wildman–Crippen LogP) is 4.25. The molecular weight excluding hydrogens is 407 g/mol. The van der Waals surface area contributed by atoms with Gasteiger partial charge in [0.05, 0.1) is 15.6 Å². The summed E-state index contributed by atoms with van der Waals surface area (Å²) in [6.45, 7) is 1.24.